The van der Waals surface area contributed by atoms with Gasteiger partial charge in [-0.15, -0.1) is 0 Å². The van der Waals surface area contributed by atoms with Gasteiger partial charge in [0.05, 0.1) is 11.0 Å². The maximum Gasteiger partial charge on any atom is 0.0585 e. The minimum absolute atomic E-state index is 0.977. The number of nitrogens with zero attached hydrogens (tertiary/aromatic N) is 2. The van der Waals surface area contributed by atoms with Crippen LogP contribution in [0.4, 0.5) is 0 Å². The summed E-state index contributed by atoms with van der Waals surface area (Å²) in [5.74, 6) is 0. The maximum absolute atomic E-state index is 4.28. The Morgan fingerprint density at radius 1 is 1.25 bits per heavy atom. The minimum atomic E-state index is 0.977. The Hall–Kier alpha value is -2.09. The van der Waals surface area contributed by atoms with Crippen LogP contribution in [0.25, 0.3) is 22.5 Å². The fourth-order valence-electron chi connectivity index (χ4n) is 2.63. The molecular formula is C14H10N2. The second kappa shape index (κ2) is 2.73. The molecule has 0 unspecified atom stereocenters. The Labute approximate surface area is 92.9 Å². The highest BCUT2D eigenvalue weighted by molar-refractivity contribution is 6.00. The van der Waals surface area contributed by atoms with Crippen LogP contribution in [0, 0.1) is 0 Å². The number of aromatic nitrogens is 2. The second-order valence-electron chi connectivity index (χ2n) is 4.17. The van der Waals surface area contributed by atoms with Crippen molar-refractivity contribution in [2.24, 2.45) is 0 Å². The lowest BCUT2D eigenvalue weighted by atomic mass is 10.0. The van der Waals surface area contributed by atoms with Gasteiger partial charge in [0.2, 0.25) is 0 Å². The maximum atomic E-state index is 4.28. The van der Waals surface area contributed by atoms with Crippen LogP contribution in [-0.4, -0.2) is 9.38 Å². The third kappa shape index (κ3) is 0.847. The van der Waals surface area contributed by atoms with Crippen molar-refractivity contribution in [1.82, 2.24) is 9.38 Å². The molecule has 16 heavy (non-hydrogen) atoms. The van der Waals surface area contributed by atoms with Gasteiger partial charge in [-0.1, -0.05) is 24.3 Å². The van der Waals surface area contributed by atoms with E-state index in [0.717, 1.165) is 6.42 Å². The van der Waals surface area contributed by atoms with Crippen molar-refractivity contribution in [2.45, 2.75) is 6.42 Å². The molecule has 4 rings (SSSR count). The molecule has 0 saturated carbocycles. The molecule has 2 aromatic heterocycles. The molecule has 2 heterocycles. The number of hydrogen-bond acceptors (Lipinski definition) is 1. The quantitative estimate of drug-likeness (QED) is 0.552. The molecule has 1 aliphatic carbocycles. The van der Waals surface area contributed by atoms with Gasteiger partial charge in [0.1, 0.15) is 0 Å². The van der Waals surface area contributed by atoms with Crippen LogP contribution in [0.5, 0.6) is 0 Å². The normalized spacial score (nSPS) is 13.8. The van der Waals surface area contributed by atoms with E-state index in [-0.39, 0.29) is 0 Å². The Bertz CT molecular complexity index is 735. The molecule has 76 valence electrons. The van der Waals surface area contributed by atoms with E-state index >= 15 is 0 Å². The Kier molecular flexibility index (Phi) is 1.38. The minimum Gasteiger partial charge on any atom is -0.314 e. The fourth-order valence-corrected chi connectivity index (χ4v) is 2.63. The van der Waals surface area contributed by atoms with E-state index < -0.39 is 0 Å². The second-order valence-corrected chi connectivity index (χ2v) is 4.17. The lowest BCUT2D eigenvalue weighted by molar-refractivity contribution is 1.21. The Balaban J connectivity index is 2.42. The molecule has 1 aliphatic rings. The van der Waals surface area contributed by atoms with Crippen LogP contribution in [0.1, 0.15) is 11.1 Å². The lowest BCUT2D eigenvalue weighted by Gasteiger charge is -2.03. The van der Waals surface area contributed by atoms with Gasteiger partial charge in [0.15, 0.2) is 0 Å². The number of hydrogen-bond donors (Lipinski definition) is 0. The molecule has 2 heteroatoms. The van der Waals surface area contributed by atoms with Crippen molar-refractivity contribution in [2.75, 3.05) is 0 Å². The molecule has 0 amide bonds. The number of allylic oxidation sites excluding steroid dienone is 1. The van der Waals surface area contributed by atoms with Crippen molar-refractivity contribution in [3.8, 4) is 0 Å². The summed E-state index contributed by atoms with van der Waals surface area (Å²) >= 11 is 0. The van der Waals surface area contributed by atoms with Crippen LogP contribution in [0.2, 0.25) is 0 Å². The molecule has 1 aromatic carbocycles. The molecule has 0 atom stereocenters. The summed E-state index contributed by atoms with van der Waals surface area (Å²) in [5.41, 5.74) is 5.22. The molecule has 2 nitrogen and oxygen atoms in total. The summed E-state index contributed by atoms with van der Waals surface area (Å²) in [6, 6.07) is 6.45. The number of fused-ring (bicyclic) bond motifs is 3. The molecular weight excluding hydrogens is 196 g/mol. The predicted molar refractivity (Wildman–Crippen MR) is 65.4 cm³/mol. The lowest BCUT2D eigenvalue weighted by Crippen LogP contribution is -1.90. The largest absolute Gasteiger partial charge is 0.314 e. The van der Waals surface area contributed by atoms with E-state index in [9.17, 15) is 0 Å². The topological polar surface area (TPSA) is 17.3 Å². The summed E-state index contributed by atoms with van der Waals surface area (Å²) in [4.78, 5) is 4.28. The first kappa shape index (κ1) is 8.11. The third-order valence-corrected chi connectivity index (χ3v) is 3.30. The van der Waals surface area contributed by atoms with Crippen molar-refractivity contribution < 1.29 is 0 Å². The molecule has 0 N–H and O–H groups in total. The highest BCUT2D eigenvalue weighted by Gasteiger charge is 2.14. The van der Waals surface area contributed by atoms with Crippen LogP contribution >= 0.6 is 0 Å². The van der Waals surface area contributed by atoms with Gasteiger partial charge in [-0.25, -0.2) is 0 Å². The average molecular weight is 206 g/mol. The van der Waals surface area contributed by atoms with Gasteiger partial charge in [-0.2, -0.15) is 0 Å². The Morgan fingerprint density at radius 3 is 3.25 bits per heavy atom. The van der Waals surface area contributed by atoms with Gasteiger partial charge in [0.25, 0.3) is 0 Å². The van der Waals surface area contributed by atoms with Crippen LogP contribution in [-0.2, 0) is 6.42 Å². The summed E-state index contributed by atoms with van der Waals surface area (Å²) in [6.45, 7) is 0. The van der Waals surface area contributed by atoms with Gasteiger partial charge in [0, 0.05) is 29.5 Å². The molecule has 3 aromatic rings. The summed E-state index contributed by atoms with van der Waals surface area (Å²) in [5, 5.41) is 1.34. The zero-order valence-corrected chi connectivity index (χ0v) is 8.72. The van der Waals surface area contributed by atoms with E-state index in [4.69, 9.17) is 0 Å². The number of rotatable bonds is 0. The molecule has 0 aliphatic heterocycles. The van der Waals surface area contributed by atoms with Gasteiger partial charge < -0.3 is 4.40 Å². The zero-order valence-electron chi connectivity index (χ0n) is 8.72. The van der Waals surface area contributed by atoms with Crippen LogP contribution in [0.15, 0.2) is 42.9 Å². The van der Waals surface area contributed by atoms with E-state index in [1.807, 2.05) is 18.6 Å². The van der Waals surface area contributed by atoms with E-state index in [1.54, 1.807) is 0 Å². The SMILES string of the molecule is C1=Cc2c3cccc3n3ccncc(c23)C1. The zero-order chi connectivity index (χ0) is 10.5. The van der Waals surface area contributed by atoms with E-state index in [2.05, 4.69) is 39.7 Å². The first-order valence-corrected chi connectivity index (χ1v) is 5.47. The third-order valence-electron chi connectivity index (χ3n) is 3.30. The van der Waals surface area contributed by atoms with Crippen molar-refractivity contribution in [1.29, 1.82) is 0 Å². The van der Waals surface area contributed by atoms with Crippen LogP contribution < -0.4 is 0 Å². The fraction of sp³-hybridized carbons (Fsp3) is 0.0714. The smallest absolute Gasteiger partial charge is 0.0585 e. The van der Waals surface area contributed by atoms with Crippen molar-refractivity contribution in [3.63, 3.8) is 0 Å². The summed E-state index contributed by atoms with van der Waals surface area (Å²) in [7, 11) is 0. The first-order chi connectivity index (χ1) is 7.95. The first-order valence-electron chi connectivity index (χ1n) is 5.47. The highest BCUT2D eigenvalue weighted by Crippen LogP contribution is 2.32. The summed E-state index contributed by atoms with van der Waals surface area (Å²) in [6.07, 6.45) is 11.3. The highest BCUT2D eigenvalue weighted by atomic mass is 14.9. The average Bonchev–Trinajstić information content (AvgIpc) is 2.80. The standard InChI is InChI=1S/C14H10N2/c1-3-10-9-15-7-8-16-13-6-2-4-11(13)12(5-1)14(10)16/h1-2,4-9H,3H2. The van der Waals surface area contributed by atoms with Crippen molar-refractivity contribution >= 4 is 22.5 Å². The Morgan fingerprint density at radius 2 is 2.25 bits per heavy atom. The van der Waals surface area contributed by atoms with E-state index in [1.165, 1.54) is 27.5 Å². The van der Waals surface area contributed by atoms with Gasteiger partial charge in [-0.05, 0) is 18.1 Å². The van der Waals surface area contributed by atoms with Crippen LogP contribution in [0.3, 0.4) is 0 Å². The monoisotopic (exact) mass is 206 g/mol. The summed E-state index contributed by atoms with van der Waals surface area (Å²) < 4.78 is 2.25. The van der Waals surface area contributed by atoms with Gasteiger partial charge in [-0.3, -0.25) is 4.98 Å². The molecule has 0 radical (unpaired) electrons. The molecule has 0 fully saturated rings. The van der Waals surface area contributed by atoms with E-state index in [0.29, 0.717) is 0 Å². The molecule has 0 bridgehead atoms. The molecule has 0 saturated heterocycles. The van der Waals surface area contributed by atoms with Gasteiger partial charge >= 0.3 is 0 Å². The molecule has 0 spiro atoms. The van der Waals surface area contributed by atoms with Crippen molar-refractivity contribution in [3.05, 3.63) is 54.0 Å². The predicted octanol–water partition coefficient (Wildman–Crippen LogP) is 3.06.